The summed E-state index contributed by atoms with van der Waals surface area (Å²) in [4.78, 5) is 5.62. The average molecular weight is 323 g/mol. The van der Waals surface area contributed by atoms with Gasteiger partial charge < -0.3 is 5.32 Å². The number of aromatic nitrogens is 1. The Kier molecular flexibility index (Phi) is 5.08. The van der Waals surface area contributed by atoms with Crippen molar-refractivity contribution < 1.29 is 0 Å². The van der Waals surface area contributed by atoms with Gasteiger partial charge in [0.15, 0.2) is 0 Å². The second kappa shape index (κ2) is 6.81. The van der Waals surface area contributed by atoms with Gasteiger partial charge in [-0.3, -0.25) is 0 Å². The van der Waals surface area contributed by atoms with Crippen LogP contribution in [0.4, 0.5) is 5.82 Å². The van der Waals surface area contributed by atoms with E-state index in [-0.39, 0.29) is 0 Å². The van der Waals surface area contributed by atoms with Gasteiger partial charge in [0.05, 0.1) is 0 Å². The van der Waals surface area contributed by atoms with Crippen molar-refractivity contribution in [2.75, 3.05) is 11.9 Å². The van der Waals surface area contributed by atoms with Crippen LogP contribution in [0.5, 0.6) is 0 Å². The molecule has 0 saturated carbocycles. The maximum Gasteiger partial charge on any atom is 0.129 e. The van der Waals surface area contributed by atoms with Gasteiger partial charge in [-0.15, -0.1) is 11.8 Å². The third-order valence-corrected chi connectivity index (χ3v) is 3.96. The summed E-state index contributed by atoms with van der Waals surface area (Å²) in [5.74, 6) is 1.91. The van der Waals surface area contributed by atoms with Crippen LogP contribution in [0.3, 0.4) is 0 Å². The molecule has 0 radical (unpaired) electrons. The molecular formula is C14H15BrN2S. The normalized spacial score (nSPS) is 10.3. The number of halogens is 1. The fraction of sp³-hybridized carbons (Fsp3) is 0.214. The van der Waals surface area contributed by atoms with Crippen molar-refractivity contribution in [2.45, 2.75) is 17.6 Å². The number of nitrogens with zero attached hydrogens (tertiary/aromatic N) is 1. The summed E-state index contributed by atoms with van der Waals surface area (Å²) in [7, 11) is 0. The van der Waals surface area contributed by atoms with Crippen molar-refractivity contribution in [3.63, 3.8) is 0 Å². The summed E-state index contributed by atoms with van der Waals surface area (Å²) < 4.78 is 1.12. The first-order valence-electron chi connectivity index (χ1n) is 5.85. The van der Waals surface area contributed by atoms with Crippen LogP contribution in [0.2, 0.25) is 0 Å². The highest BCUT2D eigenvalue weighted by Gasteiger charge is 2.03. The smallest absolute Gasteiger partial charge is 0.129 e. The predicted molar refractivity (Wildman–Crippen MR) is 82.1 cm³/mol. The van der Waals surface area contributed by atoms with Crippen LogP contribution in [0.15, 0.2) is 52.0 Å². The molecule has 0 atom stereocenters. The largest absolute Gasteiger partial charge is 0.370 e. The molecule has 0 saturated heterocycles. The number of hydrogen-bond donors (Lipinski definition) is 1. The molecule has 0 unspecified atom stereocenters. The number of benzene rings is 1. The van der Waals surface area contributed by atoms with Crippen molar-refractivity contribution in [3.8, 4) is 0 Å². The van der Waals surface area contributed by atoms with Gasteiger partial charge >= 0.3 is 0 Å². The van der Waals surface area contributed by atoms with E-state index in [4.69, 9.17) is 0 Å². The fourth-order valence-corrected chi connectivity index (χ4v) is 3.09. The molecule has 0 fully saturated rings. The predicted octanol–water partition coefficient (Wildman–Crippen LogP) is 4.57. The van der Waals surface area contributed by atoms with Crippen LogP contribution in [-0.4, -0.2) is 11.5 Å². The summed E-state index contributed by atoms with van der Waals surface area (Å²) in [5.41, 5.74) is 1.24. The molecule has 2 aromatic rings. The number of hydrogen-bond acceptors (Lipinski definition) is 3. The molecule has 1 aromatic carbocycles. The zero-order chi connectivity index (χ0) is 12.8. The van der Waals surface area contributed by atoms with Crippen molar-refractivity contribution in [1.82, 2.24) is 4.98 Å². The molecule has 2 rings (SSSR count). The van der Waals surface area contributed by atoms with Gasteiger partial charge in [0.25, 0.3) is 0 Å². The number of rotatable bonds is 5. The molecule has 1 aromatic heterocycles. The Balaban J connectivity index is 2.06. The first kappa shape index (κ1) is 13.4. The molecule has 4 heteroatoms. The minimum Gasteiger partial charge on any atom is -0.370 e. The monoisotopic (exact) mass is 322 g/mol. The van der Waals surface area contributed by atoms with E-state index in [9.17, 15) is 0 Å². The Hall–Kier alpha value is -1.00. The van der Waals surface area contributed by atoms with Crippen molar-refractivity contribution in [3.05, 3.63) is 52.6 Å². The molecule has 0 aliphatic carbocycles. The highest BCUT2D eigenvalue weighted by molar-refractivity contribution is 9.10. The lowest BCUT2D eigenvalue weighted by Crippen LogP contribution is -2.02. The third-order valence-electron chi connectivity index (χ3n) is 2.43. The Morgan fingerprint density at radius 3 is 2.94 bits per heavy atom. The molecular weight excluding hydrogens is 308 g/mol. The summed E-state index contributed by atoms with van der Waals surface area (Å²) in [6.07, 6.45) is 1.82. The third kappa shape index (κ3) is 3.75. The lowest BCUT2D eigenvalue weighted by atomic mass is 10.3. The standard InChI is InChI=1S/C14H15BrN2S/c1-2-16-14-11(5-4-8-17-14)10-18-13-7-3-6-12(15)9-13/h3-9H,2,10H2,1H3,(H,16,17). The van der Waals surface area contributed by atoms with Crippen LogP contribution in [-0.2, 0) is 5.75 Å². The number of nitrogens with one attached hydrogen (secondary N) is 1. The molecule has 1 heterocycles. The molecule has 0 bridgehead atoms. The topological polar surface area (TPSA) is 24.9 Å². The quantitative estimate of drug-likeness (QED) is 0.816. The van der Waals surface area contributed by atoms with Gasteiger partial charge in [-0.2, -0.15) is 0 Å². The van der Waals surface area contributed by atoms with Gasteiger partial charge in [-0.1, -0.05) is 28.1 Å². The Bertz CT molecular complexity index is 517. The van der Waals surface area contributed by atoms with Crippen LogP contribution >= 0.6 is 27.7 Å². The number of pyridine rings is 1. The Labute approximate surface area is 120 Å². The molecule has 0 aliphatic heterocycles. The summed E-state index contributed by atoms with van der Waals surface area (Å²) in [5, 5.41) is 3.29. The fourth-order valence-electron chi connectivity index (χ4n) is 1.60. The first-order chi connectivity index (χ1) is 8.79. The summed E-state index contributed by atoms with van der Waals surface area (Å²) in [6, 6.07) is 12.5. The maximum atomic E-state index is 4.36. The lowest BCUT2D eigenvalue weighted by Gasteiger charge is -2.09. The van der Waals surface area contributed by atoms with Crippen LogP contribution in [0.25, 0.3) is 0 Å². The van der Waals surface area contributed by atoms with E-state index in [0.717, 1.165) is 22.6 Å². The van der Waals surface area contributed by atoms with Gasteiger partial charge in [0.2, 0.25) is 0 Å². The molecule has 18 heavy (non-hydrogen) atoms. The van der Waals surface area contributed by atoms with Gasteiger partial charge in [0, 0.05) is 33.4 Å². The van der Waals surface area contributed by atoms with E-state index in [1.165, 1.54) is 10.5 Å². The number of thioether (sulfide) groups is 1. The van der Waals surface area contributed by atoms with E-state index in [1.54, 1.807) is 0 Å². The zero-order valence-corrected chi connectivity index (χ0v) is 12.6. The molecule has 94 valence electrons. The summed E-state index contributed by atoms with van der Waals surface area (Å²) >= 11 is 5.31. The molecule has 1 N–H and O–H groups in total. The Morgan fingerprint density at radius 1 is 1.28 bits per heavy atom. The van der Waals surface area contributed by atoms with Crippen LogP contribution < -0.4 is 5.32 Å². The van der Waals surface area contributed by atoms with E-state index in [0.29, 0.717) is 0 Å². The van der Waals surface area contributed by atoms with Crippen molar-refractivity contribution >= 4 is 33.5 Å². The second-order valence-electron chi connectivity index (χ2n) is 3.79. The first-order valence-corrected chi connectivity index (χ1v) is 7.63. The minimum atomic E-state index is 0.894. The SMILES string of the molecule is CCNc1ncccc1CSc1cccc(Br)c1. The minimum absolute atomic E-state index is 0.894. The zero-order valence-electron chi connectivity index (χ0n) is 10.2. The highest BCUT2D eigenvalue weighted by Crippen LogP contribution is 2.27. The molecule has 0 spiro atoms. The maximum absolute atomic E-state index is 4.36. The molecule has 2 nitrogen and oxygen atoms in total. The lowest BCUT2D eigenvalue weighted by molar-refractivity contribution is 1.13. The summed E-state index contributed by atoms with van der Waals surface area (Å²) in [6.45, 7) is 2.98. The number of anilines is 1. The van der Waals surface area contributed by atoms with Crippen molar-refractivity contribution in [2.24, 2.45) is 0 Å². The Morgan fingerprint density at radius 2 is 2.17 bits per heavy atom. The molecule has 0 aliphatic rings. The van der Waals surface area contributed by atoms with E-state index < -0.39 is 0 Å². The average Bonchev–Trinajstić information content (AvgIpc) is 2.38. The van der Waals surface area contributed by atoms with E-state index in [2.05, 4.69) is 57.4 Å². The van der Waals surface area contributed by atoms with Crippen molar-refractivity contribution in [1.29, 1.82) is 0 Å². The van der Waals surface area contributed by atoms with E-state index >= 15 is 0 Å². The van der Waals surface area contributed by atoms with Gasteiger partial charge in [0.1, 0.15) is 5.82 Å². The van der Waals surface area contributed by atoms with Gasteiger partial charge in [-0.25, -0.2) is 4.98 Å². The van der Waals surface area contributed by atoms with Crippen LogP contribution in [0.1, 0.15) is 12.5 Å². The van der Waals surface area contributed by atoms with E-state index in [1.807, 2.05) is 30.1 Å². The van der Waals surface area contributed by atoms with Gasteiger partial charge in [-0.05, 0) is 31.2 Å². The van der Waals surface area contributed by atoms with Crippen LogP contribution in [0, 0.1) is 0 Å². The molecule has 0 amide bonds. The highest BCUT2D eigenvalue weighted by atomic mass is 79.9. The second-order valence-corrected chi connectivity index (χ2v) is 5.75.